The largest absolute Gasteiger partial charge is 0.335 e. The van der Waals surface area contributed by atoms with Crippen molar-refractivity contribution in [1.29, 1.82) is 0 Å². The second-order valence-corrected chi connectivity index (χ2v) is 9.87. The molecule has 6 nitrogen and oxygen atoms in total. The summed E-state index contributed by atoms with van der Waals surface area (Å²) < 4.78 is 53.4. The topological polar surface area (TPSA) is 70.6 Å². The molecule has 0 aliphatic carbocycles. The second kappa shape index (κ2) is 7.90. The van der Waals surface area contributed by atoms with Gasteiger partial charge in [-0.15, -0.1) is 11.3 Å². The minimum absolute atomic E-state index is 0.0203. The number of carbonyl (C=O) groups excluding carboxylic acids is 1. The van der Waals surface area contributed by atoms with Gasteiger partial charge in [0, 0.05) is 48.6 Å². The standard InChI is InChI=1S/C18H15F2N3O3S3/c19-13-1-2-16(14(20)9-13)29(25,26)23-6-4-22(5-7-23)18(24)15-11-28-17(21-15)12-3-8-27-10-12/h1-3,8-11H,4-7H2. The number of carbonyl (C=O) groups is 1. The first-order chi connectivity index (χ1) is 13.9. The molecule has 1 aliphatic rings. The molecule has 0 N–H and O–H groups in total. The smallest absolute Gasteiger partial charge is 0.273 e. The van der Waals surface area contributed by atoms with Crippen LogP contribution >= 0.6 is 22.7 Å². The number of aromatic nitrogens is 1. The predicted octanol–water partition coefficient (Wildman–Crippen LogP) is 3.30. The third-order valence-corrected chi connectivity index (χ3v) is 8.04. The molecule has 29 heavy (non-hydrogen) atoms. The minimum Gasteiger partial charge on any atom is -0.335 e. The van der Waals surface area contributed by atoms with Gasteiger partial charge in [-0.05, 0) is 23.6 Å². The fourth-order valence-corrected chi connectivity index (χ4v) is 5.98. The molecular formula is C18H15F2N3O3S3. The minimum atomic E-state index is -4.11. The van der Waals surface area contributed by atoms with Gasteiger partial charge in [-0.25, -0.2) is 22.2 Å². The lowest BCUT2D eigenvalue weighted by atomic mass is 10.3. The molecular weight excluding hydrogens is 440 g/mol. The van der Waals surface area contributed by atoms with Crippen molar-refractivity contribution >= 4 is 38.6 Å². The number of sulfonamides is 1. The Bertz CT molecular complexity index is 1140. The van der Waals surface area contributed by atoms with Gasteiger partial charge in [-0.2, -0.15) is 15.6 Å². The van der Waals surface area contributed by atoms with Crippen molar-refractivity contribution in [3.05, 3.63) is 57.7 Å². The number of hydrogen-bond donors (Lipinski definition) is 0. The summed E-state index contributed by atoms with van der Waals surface area (Å²) in [7, 11) is -4.11. The lowest BCUT2D eigenvalue weighted by molar-refractivity contribution is 0.0692. The summed E-state index contributed by atoms with van der Waals surface area (Å²) in [5.74, 6) is -2.25. The number of benzene rings is 1. The van der Waals surface area contributed by atoms with Crippen LogP contribution in [0.3, 0.4) is 0 Å². The van der Waals surface area contributed by atoms with Gasteiger partial charge >= 0.3 is 0 Å². The number of piperazine rings is 1. The molecule has 0 spiro atoms. The first kappa shape index (κ1) is 20.1. The molecule has 3 aromatic rings. The van der Waals surface area contributed by atoms with E-state index < -0.39 is 26.6 Å². The number of amides is 1. The first-order valence-electron chi connectivity index (χ1n) is 8.59. The van der Waals surface area contributed by atoms with Crippen molar-refractivity contribution in [3.63, 3.8) is 0 Å². The molecule has 0 saturated carbocycles. The number of thiophene rings is 1. The van der Waals surface area contributed by atoms with Crippen LogP contribution in [0.5, 0.6) is 0 Å². The van der Waals surface area contributed by atoms with Crippen molar-refractivity contribution in [1.82, 2.24) is 14.2 Å². The highest BCUT2D eigenvalue weighted by Crippen LogP contribution is 2.27. The molecule has 0 radical (unpaired) electrons. The molecule has 1 aromatic carbocycles. The molecule has 3 heterocycles. The number of thiazole rings is 1. The molecule has 1 saturated heterocycles. The van der Waals surface area contributed by atoms with Crippen molar-refractivity contribution in [3.8, 4) is 10.6 Å². The molecule has 0 unspecified atom stereocenters. The highest BCUT2D eigenvalue weighted by Gasteiger charge is 2.32. The van der Waals surface area contributed by atoms with E-state index in [0.717, 1.165) is 27.0 Å². The molecule has 152 valence electrons. The Morgan fingerprint density at radius 2 is 1.83 bits per heavy atom. The van der Waals surface area contributed by atoms with Gasteiger partial charge in [0.15, 0.2) is 0 Å². The molecule has 0 atom stereocenters. The van der Waals surface area contributed by atoms with Crippen LogP contribution in [0, 0.1) is 11.6 Å². The van der Waals surface area contributed by atoms with E-state index in [4.69, 9.17) is 0 Å². The summed E-state index contributed by atoms with van der Waals surface area (Å²) in [4.78, 5) is 18.0. The van der Waals surface area contributed by atoms with Crippen molar-refractivity contribution in [2.45, 2.75) is 4.90 Å². The Balaban J connectivity index is 1.44. The van der Waals surface area contributed by atoms with Crippen molar-refractivity contribution in [2.75, 3.05) is 26.2 Å². The molecule has 1 aliphatic heterocycles. The van der Waals surface area contributed by atoms with Crippen molar-refractivity contribution < 1.29 is 22.0 Å². The van der Waals surface area contributed by atoms with Gasteiger partial charge in [-0.1, -0.05) is 0 Å². The molecule has 11 heteroatoms. The van der Waals surface area contributed by atoms with E-state index in [9.17, 15) is 22.0 Å². The summed E-state index contributed by atoms with van der Waals surface area (Å²) in [6.45, 7) is 0.358. The van der Waals surface area contributed by atoms with Gasteiger partial charge < -0.3 is 4.90 Å². The van der Waals surface area contributed by atoms with Crippen LogP contribution in [-0.4, -0.2) is 54.7 Å². The molecule has 4 rings (SSSR count). The van der Waals surface area contributed by atoms with E-state index in [1.165, 1.54) is 16.2 Å². The lowest BCUT2D eigenvalue weighted by Gasteiger charge is -2.33. The SMILES string of the molecule is O=C(c1csc(-c2ccsc2)n1)N1CCN(S(=O)(=O)c2ccc(F)cc2F)CC1. The molecule has 2 aromatic heterocycles. The Hall–Kier alpha value is -2.21. The third kappa shape index (κ3) is 3.95. The van der Waals surface area contributed by atoms with E-state index >= 15 is 0 Å². The average Bonchev–Trinajstić information content (AvgIpc) is 3.39. The average molecular weight is 456 g/mol. The number of rotatable bonds is 4. The van der Waals surface area contributed by atoms with Crippen LogP contribution in [0.4, 0.5) is 8.78 Å². The summed E-state index contributed by atoms with van der Waals surface area (Å²) in [5, 5.41) is 6.32. The van der Waals surface area contributed by atoms with E-state index in [1.54, 1.807) is 16.7 Å². The maximum absolute atomic E-state index is 13.9. The maximum Gasteiger partial charge on any atom is 0.273 e. The highest BCUT2D eigenvalue weighted by atomic mass is 32.2. The predicted molar refractivity (Wildman–Crippen MR) is 106 cm³/mol. The third-order valence-electron chi connectivity index (χ3n) is 4.53. The van der Waals surface area contributed by atoms with Crippen LogP contribution in [0.25, 0.3) is 10.6 Å². The Kier molecular flexibility index (Phi) is 5.47. The Labute approximate surface area is 174 Å². The van der Waals surface area contributed by atoms with Gasteiger partial charge in [-0.3, -0.25) is 4.79 Å². The summed E-state index contributed by atoms with van der Waals surface area (Å²) in [6, 6.07) is 4.29. The van der Waals surface area contributed by atoms with Crippen LogP contribution in [0.2, 0.25) is 0 Å². The van der Waals surface area contributed by atoms with Crippen LogP contribution < -0.4 is 0 Å². The van der Waals surface area contributed by atoms with E-state index in [0.29, 0.717) is 11.8 Å². The highest BCUT2D eigenvalue weighted by molar-refractivity contribution is 7.89. The van der Waals surface area contributed by atoms with Gasteiger partial charge in [0.1, 0.15) is 27.2 Å². The number of hydrogen-bond acceptors (Lipinski definition) is 6. The first-order valence-corrected chi connectivity index (χ1v) is 11.8. The number of halogens is 2. The molecule has 0 bridgehead atoms. The quantitative estimate of drug-likeness (QED) is 0.605. The van der Waals surface area contributed by atoms with Crippen LogP contribution in [-0.2, 0) is 10.0 Å². The zero-order valence-corrected chi connectivity index (χ0v) is 17.4. The van der Waals surface area contributed by atoms with E-state index in [1.807, 2.05) is 16.8 Å². The second-order valence-electron chi connectivity index (χ2n) is 6.32. The lowest BCUT2D eigenvalue weighted by Crippen LogP contribution is -2.50. The van der Waals surface area contributed by atoms with Gasteiger partial charge in [0.25, 0.3) is 5.91 Å². The Morgan fingerprint density at radius 3 is 2.48 bits per heavy atom. The molecule has 1 amide bonds. The zero-order valence-electron chi connectivity index (χ0n) is 14.9. The van der Waals surface area contributed by atoms with E-state index in [-0.39, 0.29) is 32.1 Å². The van der Waals surface area contributed by atoms with Crippen LogP contribution in [0.15, 0.2) is 45.3 Å². The van der Waals surface area contributed by atoms with Crippen molar-refractivity contribution in [2.24, 2.45) is 0 Å². The van der Waals surface area contributed by atoms with Crippen LogP contribution in [0.1, 0.15) is 10.5 Å². The summed E-state index contributed by atoms with van der Waals surface area (Å²) in [5.41, 5.74) is 1.27. The zero-order chi connectivity index (χ0) is 20.6. The summed E-state index contributed by atoms with van der Waals surface area (Å²) in [6.07, 6.45) is 0. The van der Waals surface area contributed by atoms with E-state index in [2.05, 4.69) is 4.98 Å². The monoisotopic (exact) mass is 455 g/mol. The number of nitrogens with zero attached hydrogens (tertiary/aromatic N) is 3. The molecule has 1 fully saturated rings. The summed E-state index contributed by atoms with van der Waals surface area (Å²) >= 11 is 2.92. The Morgan fingerprint density at radius 1 is 1.07 bits per heavy atom. The fourth-order valence-electron chi connectivity index (χ4n) is 3.01. The normalized spacial score (nSPS) is 15.6. The van der Waals surface area contributed by atoms with Gasteiger partial charge in [0.05, 0.1) is 0 Å². The maximum atomic E-state index is 13.9. The fraction of sp³-hybridized carbons (Fsp3) is 0.222. The van der Waals surface area contributed by atoms with Gasteiger partial charge in [0.2, 0.25) is 10.0 Å².